The Labute approximate surface area is 116 Å². The first kappa shape index (κ1) is 15.6. The van der Waals surface area contributed by atoms with E-state index in [1.807, 2.05) is 0 Å². The maximum absolute atomic E-state index is 11.2. The Morgan fingerprint density at radius 2 is 2.00 bits per heavy atom. The van der Waals surface area contributed by atoms with E-state index >= 15 is 0 Å². The summed E-state index contributed by atoms with van der Waals surface area (Å²) in [5.41, 5.74) is 4.20. The van der Waals surface area contributed by atoms with Gasteiger partial charge in [0, 0.05) is 17.8 Å². The molecular weight excluding hydrogens is 262 g/mol. The Bertz CT molecular complexity index is 497. The number of carbonyl (C=O) groups excluding carboxylic acids is 1. The Morgan fingerprint density at radius 3 is 2.55 bits per heavy atom. The summed E-state index contributed by atoms with van der Waals surface area (Å²) in [7, 11) is 0. The molecule has 0 aromatic heterocycles. The SMILES string of the molecule is CCOC(=O)CC/C(C)=N/Nc1ccc([N+](=O)[O-])cc1. The number of non-ortho nitro benzene ring substituents is 1. The van der Waals surface area contributed by atoms with Crippen LogP contribution in [0.3, 0.4) is 0 Å². The fourth-order valence-electron chi connectivity index (χ4n) is 1.39. The molecule has 20 heavy (non-hydrogen) atoms. The van der Waals surface area contributed by atoms with E-state index in [4.69, 9.17) is 4.74 Å². The molecule has 0 bridgehead atoms. The number of hydrogen-bond donors (Lipinski definition) is 1. The van der Waals surface area contributed by atoms with Crippen LogP contribution in [0.2, 0.25) is 0 Å². The number of esters is 1. The van der Waals surface area contributed by atoms with Gasteiger partial charge < -0.3 is 4.74 Å². The van der Waals surface area contributed by atoms with E-state index in [1.165, 1.54) is 12.1 Å². The lowest BCUT2D eigenvalue weighted by molar-refractivity contribution is -0.384. The van der Waals surface area contributed by atoms with Crippen molar-refractivity contribution in [2.24, 2.45) is 5.10 Å². The standard InChI is InChI=1S/C13H17N3O4/c1-3-20-13(17)9-4-10(2)14-15-11-5-7-12(8-6-11)16(18)19/h5-8,15H,3-4,9H2,1-2H3/b14-10+. The van der Waals surface area contributed by atoms with E-state index in [-0.39, 0.29) is 18.1 Å². The van der Waals surface area contributed by atoms with E-state index in [9.17, 15) is 14.9 Å². The highest BCUT2D eigenvalue weighted by molar-refractivity contribution is 5.86. The van der Waals surface area contributed by atoms with Crippen LogP contribution >= 0.6 is 0 Å². The van der Waals surface area contributed by atoms with Crippen molar-refractivity contribution in [1.82, 2.24) is 0 Å². The first-order chi connectivity index (χ1) is 9.52. The molecule has 1 rings (SSSR count). The molecule has 1 aromatic rings. The van der Waals surface area contributed by atoms with Crippen LogP contribution in [0.4, 0.5) is 11.4 Å². The van der Waals surface area contributed by atoms with Crippen molar-refractivity contribution in [1.29, 1.82) is 0 Å². The van der Waals surface area contributed by atoms with E-state index in [1.54, 1.807) is 26.0 Å². The van der Waals surface area contributed by atoms with Gasteiger partial charge in [-0.2, -0.15) is 5.10 Å². The van der Waals surface area contributed by atoms with Gasteiger partial charge in [0.25, 0.3) is 5.69 Å². The zero-order chi connectivity index (χ0) is 15.0. The number of hydrogen-bond acceptors (Lipinski definition) is 6. The average molecular weight is 279 g/mol. The Hall–Kier alpha value is -2.44. The third-order valence-corrected chi connectivity index (χ3v) is 2.45. The molecule has 0 unspecified atom stereocenters. The predicted molar refractivity (Wildman–Crippen MR) is 75.7 cm³/mol. The predicted octanol–water partition coefficient (Wildman–Crippen LogP) is 2.73. The first-order valence-corrected chi connectivity index (χ1v) is 6.22. The number of rotatable bonds is 7. The fourth-order valence-corrected chi connectivity index (χ4v) is 1.39. The Balaban J connectivity index is 2.46. The van der Waals surface area contributed by atoms with Crippen LogP contribution in [0.5, 0.6) is 0 Å². The van der Waals surface area contributed by atoms with Crippen LogP contribution in [0, 0.1) is 10.1 Å². The quantitative estimate of drug-likeness (QED) is 0.358. The van der Waals surface area contributed by atoms with Crippen LogP contribution in [-0.4, -0.2) is 23.2 Å². The van der Waals surface area contributed by atoms with Crippen LogP contribution < -0.4 is 5.43 Å². The van der Waals surface area contributed by atoms with Gasteiger partial charge in [0.05, 0.1) is 23.6 Å². The van der Waals surface area contributed by atoms with Crippen LogP contribution in [0.1, 0.15) is 26.7 Å². The number of carbonyl (C=O) groups is 1. The number of benzene rings is 1. The molecule has 0 saturated heterocycles. The summed E-state index contributed by atoms with van der Waals surface area (Å²) in [6, 6.07) is 5.93. The third kappa shape index (κ3) is 5.47. The second-order valence-electron chi connectivity index (χ2n) is 4.07. The van der Waals surface area contributed by atoms with Gasteiger partial charge in [-0.25, -0.2) is 0 Å². The highest BCUT2D eigenvalue weighted by atomic mass is 16.6. The smallest absolute Gasteiger partial charge is 0.306 e. The lowest BCUT2D eigenvalue weighted by Crippen LogP contribution is -2.07. The second-order valence-corrected chi connectivity index (χ2v) is 4.07. The maximum Gasteiger partial charge on any atom is 0.306 e. The van der Waals surface area contributed by atoms with Crippen molar-refractivity contribution in [3.8, 4) is 0 Å². The summed E-state index contributed by atoms with van der Waals surface area (Å²) in [5.74, 6) is -0.252. The summed E-state index contributed by atoms with van der Waals surface area (Å²) >= 11 is 0. The van der Waals surface area contributed by atoms with Gasteiger partial charge in [-0.1, -0.05) is 0 Å². The largest absolute Gasteiger partial charge is 0.466 e. The lowest BCUT2D eigenvalue weighted by Gasteiger charge is -2.03. The van der Waals surface area contributed by atoms with E-state index in [2.05, 4.69) is 10.5 Å². The van der Waals surface area contributed by atoms with Gasteiger partial charge >= 0.3 is 5.97 Å². The number of hydrazone groups is 1. The van der Waals surface area contributed by atoms with Crippen molar-refractivity contribution in [3.63, 3.8) is 0 Å². The molecule has 7 nitrogen and oxygen atoms in total. The van der Waals surface area contributed by atoms with Crippen molar-refractivity contribution in [2.45, 2.75) is 26.7 Å². The number of nitrogens with one attached hydrogen (secondary N) is 1. The molecule has 7 heteroatoms. The van der Waals surface area contributed by atoms with Gasteiger partial charge in [0.15, 0.2) is 0 Å². The molecule has 0 spiro atoms. The fraction of sp³-hybridized carbons (Fsp3) is 0.385. The molecule has 1 N–H and O–H groups in total. The minimum Gasteiger partial charge on any atom is -0.466 e. The first-order valence-electron chi connectivity index (χ1n) is 6.22. The zero-order valence-corrected chi connectivity index (χ0v) is 11.5. The number of ether oxygens (including phenoxy) is 1. The summed E-state index contributed by atoms with van der Waals surface area (Å²) < 4.78 is 4.81. The van der Waals surface area contributed by atoms with Crippen molar-refractivity contribution in [2.75, 3.05) is 12.0 Å². The summed E-state index contributed by atoms with van der Waals surface area (Å²) in [4.78, 5) is 21.2. The molecule has 0 aliphatic carbocycles. The number of anilines is 1. The maximum atomic E-state index is 11.2. The topological polar surface area (TPSA) is 93.8 Å². The monoisotopic (exact) mass is 279 g/mol. The van der Waals surface area contributed by atoms with Crippen molar-refractivity contribution >= 4 is 23.1 Å². The molecule has 0 fully saturated rings. The molecular formula is C13H17N3O4. The number of nitro benzene ring substituents is 1. The number of nitrogens with zero attached hydrogens (tertiary/aromatic N) is 2. The van der Waals surface area contributed by atoms with Crippen LogP contribution in [0.25, 0.3) is 0 Å². The van der Waals surface area contributed by atoms with E-state index in [0.29, 0.717) is 18.7 Å². The lowest BCUT2D eigenvalue weighted by atomic mass is 10.2. The molecule has 1 aromatic carbocycles. The molecule has 0 aliphatic heterocycles. The van der Waals surface area contributed by atoms with Gasteiger partial charge in [0.1, 0.15) is 0 Å². The van der Waals surface area contributed by atoms with Crippen molar-refractivity contribution < 1.29 is 14.5 Å². The van der Waals surface area contributed by atoms with Gasteiger partial charge in [-0.05, 0) is 32.4 Å². The normalized spacial score (nSPS) is 11.0. The molecule has 0 atom stereocenters. The van der Waals surface area contributed by atoms with Crippen LogP contribution in [0.15, 0.2) is 29.4 Å². The third-order valence-electron chi connectivity index (χ3n) is 2.45. The molecule has 0 radical (unpaired) electrons. The van der Waals surface area contributed by atoms with Gasteiger partial charge in [0.2, 0.25) is 0 Å². The summed E-state index contributed by atoms with van der Waals surface area (Å²) in [5, 5.41) is 14.6. The van der Waals surface area contributed by atoms with Crippen LogP contribution in [-0.2, 0) is 9.53 Å². The average Bonchev–Trinajstić information content (AvgIpc) is 2.43. The Kier molecular flexibility index (Phi) is 6.15. The summed E-state index contributed by atoms with van der Waals surface area (Å²) in [6.45, 7) is 3.92. The number of nitro groups is 1. The Morgan fingerprint density at radius 1 is 1.35 bits per heavy atom. The molecule has 108 valence electrons. The minimum atomic E-state index is -0.461. The van der Waals surface area contributed by atoms with E-state index in [0.717, 1.165) is 5.71 Å². The molecule has 0 heterocycles. The van der Waals surface area contributed by atoms with Gasteiger partial charge in [-0.15, -0.1) is 0 Å². The molecule has 0 aliphatic rings. The van der Waals surface area contributed by atoms with Gasteiger partial charge in [-0.3, -0.25) is 20.3 Å². The second kappa shape index (κ2) is 7.88. The minimum absolute atomic E-state index is 0.0264. The zero-order valence-electron chi connectivity index (χ0n) is 11.5. The molecule has 0 saturated carbocycles. The molecule has 0 amide bonds. The highest BCUT2D eigenvalue weighted by Gasteiger charge is 2.04. The summed E-state index contributed by atoms with van der Waals surface area (Å²) in [6.07, 6.45) is 0.782. The van der Waals surface area contributed by atoms with E-state index < -0.39 is 4.92 Å². The highest BCUT2D eigenvalue weighted by Crippen LogP contribution is 2.15. The van der Waals surface area contributed by atoms with Crippen molar-refractivity contribution in [3.05, 3.63) is 34.4 Å².